The number of guanidine groups is 1. The Balaban J connectivity index is 3.16. The van der Waals surface area contributed by atoms with Gasteiger partial charge in [-0.3, -0.25) is 5.43 Å². The molecule has 1 aromatic rings. The molecule has 0 unspecified atom stereocenters. The van der Waals surface area contributed by atoms with Crippen molar-refractivity contribution < 1.29 is 13.2 Å². The van der Waals surface area contributed by atoms with Crippen LogP contribution in [0.5, 0.6) is 0 Å². The van der Waals surface area contributed by atoms with E-state index in [-0.39, 0.29) is 5.96 Å². The topological polar surface area (TPSA) is 76.4 Å². The van der Waals surface area contributed by atoms with Crippen LogP contribution in [-0.2, 0) is 0 Å². The van der Waals surface area contributed by atoms with E-state index in [1.54, 1.807) is 0 Å². The van der Waals surface area contributed by atoms with E-state index in [1.807, 2.05) is 5.43 Å². The summed E-state index contributed by atoms with van der Waals surface area (Å²) < 4.78 is 37.9. The summed E-state index contributed by atoms with van der Waals surface area (Å²) in [6.07, 6.45) is 0. The molecule has 14 heavy (non-hydrogen) atoms. The normalized spacial score (nSPS) is 11.6. The molecule has 1 rings (SSSR count). The number of nitrogens with one attached hydrogen (secondary N) is 1. The van der Waals surface area contributed by atoms with Crippen molar-refractivity contribution in [3.8, 4) is 0 Å². The molecule has 5 N–H and O–H groups in total. The minimum atomic E-state index is -1.29. The highest BCUT2D eigenvalue weighted by Crippen LogP contribution is 2.20. The van der Waals surface area contributed by atoms with Gasteiger partial charge in [0.15, 0.2) is 17.5 Å². The molecule has 76 valence electrons. The van der Waals surface area contributed by atoms with Gasteiger partial charge in [-0.05, 0) is 0 Å². The number of hydrogen-bond acceptors (Lipinski definition) is 2. The van der Waals surface area contributed by atoms with Crippen LogP contribution in [-0.4, -0.2) is 5.96 Å². The summed E-state index contributed by atoms with van der Waals surface area (Å²) in [5, 5.41) is 0. The number of benzene rings is 1. The molecule has 0 atom stereocenters. The van der Waals surface area contributed by atoms with Crippen LogP contribution >= 0.6 is 0 Å². The molecule has 0 saturated heterocycles. The Bertz CT molecular complexity index is 377. The van der Waals surface area contributed by atoms with Crippen LogP contribution in [0, 0.1) is 17.5 Å². The maximum atomic E-state index is 12.9. The first-order valence-electron chi connectivity index (χ1n) is 3.50. The summed E-state index contributed by atoms with van der Waals surface area (Å²) in [5.74, 6) is 1.00. The summed E-state index contributed by atoms with van der Waals surface area (Å²) >= 11 is 0. The number of hydrazine groups is 1. The SMILES string of the molecule is NNC(N)=Nc1cc(F)c(F)cc1F. The van der Waals surface area contributed by atoms with Gasteiger partial charge in [0.2, 0.25) is 5.96 Å². The molecule has 0 aliphatic rings. The highest BCUT2D eigenvalue weighted by Gasteiger charge is 2.09. The zero-order chi connectivity index (χ0) is 10.7. The Kier molecular flexibility index (Phi) is 2.92. The largest absolute Gasteiger partial charge is 0.369 e. The van der Waals surface area contributed by atoms with Crippen molar-refractivity contribution in [3.63, 3.8) is 0 Å². The second-order valence-corrected chi connectivity index (χ2v) is 2.36. The first kappa shape index (κ1) is 10.3. The van der Waals surface area contributed by atoms with Crippen molar-refractivity contribution in [1.29, 1.82) is 0 Å². The maximum absolute atomic E-state index is 12.9. The zero-order valence-corrected chi connectivity index (χ0v) is 6.89. The summed E-state index contributed by atoms with van der Waals surface area (Å²) in [6, 6.07) is 0.951. The van der Waals surface area contributed by atoms with Crippen molar-refractivity contribution in [1.82, 2.24) is 5.43 Å². The van der Waals surface area contributed by atoms with Crippen LogP contribution in [0.2, 0.25) is 0 Å². The number of nitrogens with two attached hydrogens (primary N) is 2. The van der Waals surface area contributed by atoms with Gasteiger partial charge in [-0.1, -0.05) is 0 Å². The molecule has 0 heterocycles. The molecule has 0 fully saturated rings. The quantitative estimate of drug-likeness (QED) is 0.205. The van der Waals surface area contributed by atoms with E-state index in [2.05, 4.69) is 4.99 Å². The molecule has 0 aliphatic carbocycles. The minimum absolute atomic E-state index is 0.310. The third kappa shape index (κ3) is 2.13. The van der Waals surface area contributed by atoms with Crippen LogP contribution < -0.4 is 17.0 Å². The van der Waals surface area contributed by atoms with Crippen LogP contribution in [0.1, 0.15) is 0 Å². The third-order valence-electron chi connectivity index (χ3n) is 1.38. The maximum Gasteiger partial charge on any atom is 0.208 e. The molecule has 0 aromatic heterocycles. The highest BCUT2D eigenvalue weighted by atomic mass is 19.2. The van der Waals surface area contributed by atoms with Crippen LogP contribution in [0.3, 0.4) is 0 Å². The summed E-state index contributed by atoms with van der Waals surface area (Å²) in [4.78, 5) is 3.36. The summed E-state index contributed by atoms with van der Waals surface area (Å²) in [7, 11) is 0. The molecule has 0 radical (unpaired) electrons. The van der Waals surface area contributed by atoms with Gasteiger partial charge in [-0.2, -0.15) is 0 Å². The molecule has 1 aromatic carbocycles. The number of nitrogens with zero attached hydrogens (tertiary/aromatic N) is 1. The fraction of sp³-hybridized carbons (Fsp3) is 0. The summed E-state index contributed by atoms with van der Waals surface area (Å²) in [5.41, 5.74) is 6.58. The van der Waals surface area contributed by atoms with Crippen LogP contribution in [0.4, 0.5) is 18.9 Å². The minimum Gasteiger partial charge on any atom is -0.369 e. The first-order valence-corrected chi connectivity index (χ1v) is 3.50. The first-order chi connectivity index (χ1) is 6.54. The van der Waals surface area contributed by atoms with E-state index < -0.39 is 23.1 Å². The predicted molar refractivity (Wildman–Crippen MR) is 44.9 cm³/mol. The standard InChI is InChI=1S/C7H7F3N4/c8-3-1-5(10)6(2-4(3)9)13-7(11)14-12/h1-2H,12H2,(H3,11,13,14). The fourth-order valence-corrected chi connectivity index (χ4v) is 0.760. The average molecular weight is 204 g/mol. The van der Waals surface area contributed by atoms with Crippen molar-refractivity contribution in [2.45, 2.75) is 0 Å². The lowest BCUT2D eigenvalue weighted by atomic mass is 10.3. The predicted octanol–water partition coefficient (Wildman–Crippen LogP) is 0.513. The van der Waals surface area contributed by atoms with Gasteiger partial charge in [0.25, 0.3) is 0 Å². The Morgan fingerprint density at radius 3 is 2.29 bits per heavy atom. The van der Waals surface area contributed by atoms with E-state index in [0.29, 0.717) is 12.1 Å². The van der Waals surface area contributed by atoms with E-state index in [0.717, 1.165) is 0 Å². The number of halogens is 3. The molecular weight excluding hydrogens is 197 g/mol. The molecule has 4 nitrogen and oxygen atoms in total. The van der Waals surface area contributed by atoms with Gasteiger partial charge in [-0.15, -0.1) is 0 Å². The third-order valence-corrected chi connectivity index (χ3v) is 1.38. The summed E-state index contributed by atoms with van der Waals surface area (Å²) in [6.45, 7) is 0. The number of rotatable bonds is 1. The van der Waals surface area contributed by atoms with Gasteiger partial charge >= 0.3 is 0 Å². The lowest BCUT2D eigenvalue weighted by Gasteiger charge is -2.00. The smallest absolute Gasteiger partial charge is 0.208 e. The van der Waals surface area contributed by atoms with E-state index in [4.69, 9.17) is 11.6 Å². The molecule has 0 saturated carbocycles. The van der Waals surface area contributed by atoms with Gasteiger partial charge in [-0.25, -0.2) is 24.0 Å². The van der Waals surface area contributed by atoms with E-state index in [9.17, 15) is 13.2 Å². The van der Waals surface area contributed by atoms with Gasteiger partial charge in [0.05, 0.1) is 0 Å². The van der Waals surface area contributed by atoms with Crippen LogP contribution in [0.25, 0.3) is 0 Å². The van der Waals surface area contributed by atoms with Crippen molar-refractivity contribution in [3.05, 3.63) is 29.6 Å². The molecule has 0 amide bonds. The lowest BCUT2D eigenvalue weighted by molar-refractivity contribution is 0.496. The van der Waals surface area contributed by atoms with Gasteiger partial charge in [0.1, 0.15) is 5.69 Å². The lowest BCUT2D eigenvalue weighted by Crippen LogP contribution is -2.36. The second-order valence-electron chi connectivity index (χ2n) is 2.36. The fourth-order valence-electron chi connectivity index (χ4n) is 0.760. The average Bonchev–Trinajstić information content (AvgIpc) is 2.14. The molecule has 7 heteroatoms. The van der Waals surface area contributed by atoms with Crippen molar-refractivity contribution in [2.75, 3.05) is 0 Å². The Morgan fingerprint density at radius 1 is 1.14 bits per heavy atom. The number of hydrogen-bond donors (Lipinski definition) is 3. The van der Waals surface area contributed by atoms with E-state index in [1.165, 1.54) is 0 Å². The highest BCUT2D eigenvalue weighted by molar-refractivity contribution is 5.80. The Hall–Kier alpha value is -1.76. The van der Waals surface area contributed by atoms with Crippen LogP contribution in [0.15, 0.2) is 17.1 Å². The molecule has 0 aliphatic heterocycles. The van der Waals surface area contributed by atoms with E-state index >= 15 is 0 Å². The van der Waals surface area contributed by atoms with Crippen molar-refractivity contribution in [2.24, 2.45) is 16.6 Å². The van der Waals surface area contributed by atoms with Gasteiger partial charge in [0, 0.05) is 12.1 Å². The Labute approximate surface area is 77.4 Å². The Morgan fingerprint density at radius 2 is 1.71 bits per heavy atom. The molecule has 0 spiro atoms. The van der Waals surface area contributed by atoms with Crippen molar-refractivity contribution >= 4 is 11.6 Å². The molecular formula is C7H7F3N4. The molecule has 0 bridgehead atoms. The monoisotopic (exact) mass is 204 g/mol. The zero-order valence-electron chi connectivity index (χ0n) is 6.89. The number of aliphatic imine (C=N–C) groups is 1. The second kappa shape index (κ2) is 3.97. The van der Waals surface area contributed by atoms with Gasteiger partial charge < -0.3 is 5.73 Å².